The van der Waals surface area contributed by atoms with Crippen molar-refractivity contribution in [1.82, 2.24) is 14.9 Å². The lowest BCUT2D eigenvalue weighted by Crippen LogP contribution is -2.36. The number of imidazole rings is 1. The molecule has 1 rings (SSSR count). The van der Waals surface area contributed by atoms with Crippen molar-refractivity contribution in [2.75, 3.05) is 12.3 Å². The Morgan fingerprint density at radius 3 is 2.67 bits per heavy atom. The third kappa shape index (κ3) is 5.91. The van der Waals surface area contributed by atoms with Crippen LogP contribution in [0.5, 0.6) is 0 Å². The number of aryl methyl sites for hydroxylation is 1. The Morgan fingerprint density at radius 1 is 1.44 bits per heavy atom. The fourth-order valence-corrected chi connectivity index (χ4v) is 2.64. The first-order valence-corrected chi connectivity index (χ1v) is 7.74. The van der Waals surface area contributed by atoms with Crippen molar-refractivity contribution in [3.63, 3.8) is 0 Å². The Bertz CT molecular complexity index is 341. The number of aromatic nitrogens is 2. The van der Waals surface area contributed by atoms with Crippen molar-refractivity contribution >= 4 is 11.8 Å². The maximum absolute atomic E-state index is 4.42. The van der Waals surface area contributed by atoms with Gasteiger partial charge >= 0.3 is 0 Å². The Kier molecular flexibility index (Phi) is 6.22. The highest BCUT2D eigenvalue weighted by atomic mass is 32.2. The summed E-state index contributed by atoms with van der Waals surface area (Å²) in [6, 6.07) is 0.510. The van der Waals surface area contributed by atoms with Crippen molar-refractivity contribution in [2.24, 2.45) is 7.05 Å². The van der Waals surface area contributed by atoms with Crippen molar-refractivity contribution < 1.29 is 0 Å². The van der Waals surface area contributed by atoms with E-state index in [0.29, 0.717) is 10.8 Å². The van der Waals surface area contributed by atoms with E-state index >= 15 is 0 Å². The lowest BCUT2D eigenvalue weighted by molar-refractivity contribution is 0.530. The monoisotopic (exact) mass is 269 g/mol. The van der Waals surface area contributed by atoms with Gasteiger partial charge in [-0.1, -0.05) is 27.7 Å². The van der Waals surface area contributed by atoms with E-state index in [2.05, 4.69) is 49.6 Å². The summed E-state index contributed by atoms with van der Waals surface area (Å²) >= 11 is 2.02. The number of rotatable bonds is 7. The Balaban J connectivity index is 2.52. The quantitative estimate of drug-likeness (QED) is 0.825. The van der Waals surface area contributed by atoms with Crippen LogP contribution < -0.4 is 5.32 Å². The molecule has 1 N–H and O–H groups in total. The normalized spacial score (nSPS) is 13.8. The molecule has 104 valence electrons. The van der Waals surface area contributed by atoms with Gasteiger partial charge in [-0.25, -0.2) is 4.98 Å². The van der Waals surface area contributed by atoms with Crippen LogP contribution in [0.25, 0.3) is 0 Å². The van der Waals surface area contributed by atoms with Crippen molar-refractivity contribution in [2.45, 2.75) is 51.3 Å². The standard InChI is InChI=1S/C14H27N3S/c1-6-7-15-12(11-18-14(2,3)4)10-13-16-8-9-17(13)5/h8-9,12,15H,6-7,10-11H2,1-5H3. The molecule has 4 heteroatoms. The van der Waals surface area contributed by atoms with Gasteiger partial charge in [-0.2, -0.15) is 11.8 Å². The molecule has 0 radical (unpaired) electrons. The zero-order chi connectivity index (χ0) is 13.6. The van der Waals surface area contributed by atoms with Gasteiger partial charge in [0, 0.05) is 42.4 Å². The average molecular weight is 269 g/mol. The van der Waals surface area contributed by atoms with Crippen molar-refractivity contribution in [3.8, 4) is 0 Å². The number of nitrogens with one attached hydrogen (secondary N) is 1. The second-order valence-corrected chi connectivity index (χ2v) is 7.58. The second-order valence-electron chi connectivity index (χ2n) is 5.73. The first-order valence-electron chi connectivity index (χ1n) is 6.76. The molecule has 1 heterocycles. The molecular weight excluding hydrogens is 242 g/mol. The topological polar surface area (TPSA) is 29.9 Å². The fourth-order valence-electron chi connectivity index (χ4n) is 1.70. The first kappa shape index (κ1) is 15.6. The minimum absolute atomic E-state index is 0.327. The molecule has 0 spiro atoms. The third-order valence-electron chi connectivity index (χ3n) is 2.75. The van der Waals surface area contributed by atoms with Crippen LogP contribution in [0.2, 0.25) is 0 Å². The predicted octanol–water partition coefficient (Wildman–Crippen LogP) is 2.86. The molecule has 0 aliphatic rings. The first-order chi connectivity index (χ1) is 8.42. The molecule has 3 nitrogen and oxygen atoms in total. The van der Waals surface area contributed by atoms with Gasteiger partial charge < -0.3 is 9.88 Å². The number of hydrogen-bond acceptors (Lipinski definition) is 3. The van der Waals surface area contributed by atoms with Crippen LogP contribution in [-0.2, 0) is 13.5 Å². The largest absolute Gasteiger partial charge is 0.338 e. The van der Waals surface area contributed by atoms with Crippen LogP contribution in [-0.4, -0.2) is 32.6 Å². The Morgan fingerprint density at radius 2 is 2.17 bits per heavy atom. The van der Waals surface area contributed by atoms with Crippen LogP contribution in [0.1, 0.15) is 39.9 Å². The molecule has 0 amide bonds. The van der Waals surface area contributed by atoms with E-state index < -0.39 is 0 Å². The molecule has 0 aliphatic carbocycles. The minimum Gasteiger partial charge on any atom is -0.338 e. The van der Waals surface area contributed by atoms with E-state index in [-0.39, 0.29) is 0 Å². The molecule has 1 atom stereocenters. The number of thioether (sulfide) groups is 1. The smallest absolute Gasteiger partial charge is 0.109 e. The maximum atomic E-state index is 4.42. The fraction of sp³-hybridized carbons (Fsp3) is 0.786. The third-order valence-corrected chi connectivity index (χ3v) is 4.19. The van der Waals surface area contributed by atoms with Crippen LogP contribution in [0.15, 0.2) is 12.4 Å². The van der Waals surface area contributed by atoms with Gasteiger partial charge in [-0.15, -0.1) is 0 Å². The van der Waals surface area contributed by atoms with Gasteiger partial charge in [0.15, 0.2) is 0 Å². The molecular formula is C14H27N3S. The van der Waals surface area contributed by atoms with E-state index in [0.717, 1.165) is 24.5 Å². The maximum Gasteiger partial charge on any atom is 0.109 e. The predicted molar refractivity (Wildman–Crippen MR) is 81.2 cm³/mol. The molecule has 0 saturated heterocycles. The molecule has 0 aliphatic heterocycles. The van der Waals surface area contributed by atoms with Crippen LogP contribution in [0, 0.1) is 0 Å². The Hall–Kier alpha value is -0.480. The molecule has 18 heavy (non-hydrogen) atoms. The summed E-state index contributed by atoms with van der Waals surface area (Å²) in [5.41, 5.74) is 0. The van der Waals surface area contributed by atoms with E-state index in [1.807, 2.05) is 24.2 Å². The van der Waals surface area contributed by atoms with E-state index in [1.165, 1.54) is 6.42 Å². The zero-order valence-electron chi connectivity index (χ0n) is 12.4. The van der Waals surface area contributed by atoms with E-state index in [4.69, 9.17) is 0 Å². The molecule has 0 fully saturated rings. The summed E-state index contributed by atoms with van der Waals surface area (Å²) < 4.78 is 2.44. The van der Waals surface area contributed by atoms with Gasteiger partial charge in [0.05, 0.1) is 0 Å². The highest BCUT2D eigenvalue weighted by Gasteiger charge is 2.17. The number of hydrogen-bond donors (Lipinski definition) is 1. The van der Waals surface area contributed by atoms with Crippen molar-refractivity contribution in [3.05, 3.63) is 18.2 Å². The average Bonchev–Trinajstić information content (AvgIpc) is 2.67. The number of nitrogens with zero attached hydrogens (tertiary/aromatic N) is 2. The molecule has 0 aromatic carbocycles. The van der Waals surface area contributed by atoms with Crippen LogP contribution >= 0.6 is 11.8 Å². The molecule has 1 aromatic heterocycles. The molecule has 1 unspecified atom stereocenters. The van der Waals surface area contributed by atoms with Crippen molar-refractivity contribution in [1.29, 1.82) is 0 Å². The highest BCUT2D eigenvalue weighted by molar-refractivity contribution is 8.00. The summed E-state index contributed by atoms with van der Waals surface area (Å²) in [5, 5.41) is 3.63. The SMILES string of the molecule is CCCNC(CSC(C)(C)C)Cc1nccn1C. The summed E-state index contributed by atoms with van der Waals surface area (Å²) in [4.78, 5) is 4.42. The van der Waals surface area contributed by atoms with E-state index in [9.17, 15) is 0 Å². The van der Waals surface area contributed by atoms with Gasteiger partial charge in [-0.05, 0) is 13.0 Å². The minimum atomic E-state index is 0.327. The van der Waals surface area contributed by atoms with Gasteiger partial charge in [0.25, 0.3) is 0 Å². The summed E-state index contributed by atoms with van der Waals surface area (Å²) in [6.45, 7) is 10.1. The zero-order valence-corrected chi connectivity index (χ0v) is 13.2. The van der Waals surface area contributed by atoms with Gasteiger partial charge in [-0.3, -0.25) is 0 Å². The van der Waals surface area contributed by atoms with Crippen LogP contribution in [0.3, 0.4) is 0 Å². The second kappa shape index (κ2) is 7.19. The van der Waals surface area contributed by atoms with Gasteiger partial charge in [0.2, 0.25) is 0 Å². The summed E-state index contributed by atoms with van der Waals surface area (Å²) in [5.74, 6) is 2.30. The van der Waals surface area contributed by atoms with Crippen LogP contribution in [0.4, 0.5) is 0 Å². The summed E-state index contributed by atoms with van der Waals surface area (Å²) in [6.07, 6.45) is 6.08. The van der Waals surface area contributed by atoms with E-state index in [1.54, 1.807) is 0 Å². The lowest BCUT2D eigenvalue weighted by Gasteiger charge is -2.23. The summed E-state index contributed by atoms with van der Waals surface area (Å²) in [7, 11) is 2.07. The van der Waals surface area contributed by atoms with Gasteiger partial charge in [0.1, 0.15) is 5.82 Å². The lowest BCUT2D eigenvalue weighted by atomic mass is 10.2. The molecule has 1 aromatic rings. The molecule has 0 bridgehead atoms. The molecule has 0 saturated carbocycles. The Labute approximate surface area is 116 Å². The highest BCUT2D eigenvalue weighted by Crippen LogP contribution is 2.24.